The van der Waals surface area contributed by atoms with Gasteiger partial charge in [-0.3, -0.25) is 14.4 Å². The molecule has 0 bridgehead atoms. The van der Waals surface area contributed by atoms with Crippen LogP contribution in [0, 0.1) is 5.92 Å². The van der Waals surface area contributed by atoms with E-state index in [4.69, 9.17) is 0 Å². The molecule has 0 fully saturated rings. The van der Waals surface area contributed by atoms with E-state index in [0.29, 0.717) is 13.1 Å². The van der Waals surface area contributed by atoms with E-state index in [0.717, 1.165) is 18.4 Å². The van der Waals surface area contributed by atoms with Crippen LogP contribution in [0.25, 0.3) is 0 Å². The van der Waals surface area contributed by atoms with Gasteiger partial charge in [-0.05, 0) is 48.9 Å². The summed E-state index contributed by atoms with van der Waals surface area (Å²) in [6.07, 6.45) is 0.596. The topological polar surface area (TPSA) is 139 Å². The number of hydrogen-bond donors (Lipinski definition) is 3. The fourth-order valence-electron chi connectivity index (χ4n) is 4.86. The SMILES string of the molecule is CCCN(CCC)C(=O)c1cc(C(=O)NC(Cc2ccccc2)C(O)CN(C)NS(=O)(=O)CC(C)C)cc(C(=O)N(C)C)c1. The molecule has 0 saturated carbocycles. The number of amides is 3. The number of rotatable bonds is 17. The van der Waals surface area contributed by atoms with Crippen molar-refractivity contribution in [2.75, 3.05) is 46.5 Å². The molecule has 12 heteroatoms. The van der Waals surface area contributed by atoms with Crippen molar-refractivity contribution in [1.82, 2.24) is 25.0 Å². The number of hydrogen-bond acceptors (Lipinski definition) is 7. The van der Waals surface area contributed by atoms with Crippen LogP contribution in [0.4, 0.5) is 0 Å². The largest absolute Gasteiger partial charge is 0.390 e. The summed E-state index contributed by atoms with van der Waals surface area (Å²) >= 11 is 0. The summed E-state index contributed by atoms with van der Waals surface area (Å²) in [6, 6.07) is 12.9. The molecule has 0 aliphatic heterocycles. The Kier molecular flexibility index (Phi) is 14.4. The van der Waals surface area contributed by atoms with Crippen molar-refractivity contribution in [3.8, 4) is 0 Å². The molecule has 11 nitrogen and oxygen atoms in total. The first-order chi connectivity index (χ1) is 20.7. The Balaban J connectivity index is 2.43. The van der Waals surface area contributed by atoms with Crippen molar-refractivity contribution in [1.29, 1.82) is 0 Å². The lowest BCUT2D eigenvalue weighted by atomic mass is 9.99. The third-order valence-corrected chi connectivity index (χ3v) is 8.45. The number of nitrogens with zero attached hydrogens (tertiary/aromatic N) is 3. The van der Waals surface area contributed by atoms with E-state index in [2.05, 4.69) is 10.1 Å². The first kappa shape index (κ1) is 36.9. The number of aliphatic hydroxyl groups excluding tert-OH is 1. The summed E-state index contributed by atoms with van der Waals surface area (Å²) in [6.45, 7) is 8.52. The van der Waals surface area contributed by atoms with Gasteiger partial charge in [0, 0.05) is 57.5 Å². The molecule has 2 aromatic carbocycles. The Morgan fingerprint density at radius 3 is 1.93 bits per heavy atom. The van der Waals surface area contributed by atoms with Crippen molar-refractivity contribution < 1.29 is 27.9 Å². The normalized spacial score (nSPS) is 13.0. The smallest absolute Gasteiger partial charge is 0.253 e. The van der Waals surface area contributed by atoms with E-state index in [1.807, 2.05) is 44.2 Å². The van der Waals surface area contributed by atoms with Crippen molar-refractivity contribution >= 4 is 27.7 Å². The lowest BCUT2D eigenvalue weighted by Gasteiger charge is -2.28. The van der Waals surface area contributed by atoms with Crippen LogP contribution < -0.4 is 10.1 Å². The molecule has 0 aliphatic rings. The summed E-state index contributed by atoms with van der Waals surface area (Å²) in [5, 5.41) is 15.4. The molecule has 244 valence electrons. The average Bonchev–Trinajstić information content (AvgIpc) is 2.94. The number of carbonyl (C=O) groups excluding carboxylic acids is 3. The average molecular weight is 632 g/mol. The van der Waals surface area contributed by atoms with Crippen LogP contribution >= 0.6 is 0 Å². The number of benzene rings is 2. The van der Waals surface area contributed by atoms with E-state index in [9.17, 15) is 27.9 Å². The number of nitrogens with one attached hydrogen (secondary N) is 2. The first-order valence-electron chi connectivity index (χ1n) is 15.1. The van der Waals surface area contributed by atoms with Gasteiger partial charge in [-0.15, -0.1) is 4.83 Å². The predicted molar refractivity (Wildman–Crippen MR) is 173 cm³/mol. The molecular formula is C32H49N5O6S. The van der Waals surface area contributed by atoms with Gasteiger partial charge in [0.2, 0.25) is 10.0 Å². The minimum Gasteiger partial charge on any atom is -0.390 e. The Labute approximate surface area is 262 Å². The highest BCUT2D eigenvalue weighted by Crippen LogP contribution is 2.17. The standard InChI is InChI=1S/C32H49N5O6S/c1-8-15-37(16-9-2)32(41)27-19-25(18-26(20-27)31(40)35(5)6)30(39)33-28(17-24-13-11-10-12-14-24)29(38)21-36(7)34-44(42,43)22-23(3)4/h10-14,18-20,23,28-29,34,38H,8-9,15-17,21-22H2,1-7H3,(H,33,39). The highest BCUT2D eigenvalue weighted by molar-refractivity contribution is 7.89. The maximum atomic E-state index is 13.7. The minimum absolute atomic E-state index is 0.0748. The summed E-state index contributed by atoms with van der Waals surface area (Å²) < 4.78 is 24.9. The van der Waals surface area contributed by atoms with Crippen molar-refractivity contribution in [2.24, 2.45) is 5.92 Å². The number of sulfonamides is 1. The van der Waals surface area contributed by atoms with Crippen molar-refractivity contribution in [3.63, 3.8) is 0 Å². The van der Waals surface area contributed by atoms with E-state index >= 15 is 0 Å². The van der Waals surface area contributed by atoms with Crippen molar-refractivity contribution in [3.05, 3.63) is 70.8 Å². The van der Waals surface area contributed by atoms with E-state index in [-0.39, 0.29) is 53.1 Å². The summed E-state index contributed by atoms with van der Waals surface area (Å²) in [5.41, 5.74) is 1.37. The van der Waals surface area contributed by atoms with E-state index < -0.39 is 28.1 Å². The molecule has 0 aliphatic carbocycles. The van der Waals surface area contributed by atoms with Gasteiger partial charge in [0.15, 0.2) is 0 Å². The molecule has 0 spiro atoms. The first-order valence-corrected chi connectivity index (χ1v) is 16.7. The third kappa shape index (κ3) is 11.6. The summed E-state index contributed by atoms with van der Waals surface area (Å²) in [5.74, 6) is -1.36. The highest BCUT2D eigenvalue weighted by Gasteiger charge is 2.27. The van der Waals surface area contributed by atoms with Gasteiger partial charge in [0.1, 0.15) is 0 Å². The second-order valence-corrected chi connectivity index (χ2v) is 13.5. The zero-order chi connectivity index (χ0) is 33.0. The second kappa shape index (κ2) is 17.2. The Morgan fingerprint density at radius 2 is 1.41 bits per heavy atom. The molecule has 2 unspecified atom stereocenters. The number of likely N-dealkylation sites (N-methyl/N-ethyl adjacent to an activating group) is 1. The Hall–Kier alpha value is -3.32. The molecular weight excluding hydrogens is 582 g/mol. The van der Waals surface area contributed by atoms with E-state index in [1.165, 1.54) is 35.2 Å². The molecule has 3 N–H and O–H groups in total. The third-order valence-electron chi connectivity index (χ3n) is 6.76. The predicted octanol–water partition coefficient (Wildman–Crippen LogP) is 2.77. The zero-order valence-electron chi connectivity index (χ0n) is 27.0. The molecule has 2 atom stereocenters. The van der Waals surface area contributed by atoms with Gasteiger partial charge in [-0.1, -0.05) is 58.0 Å². The molecule has 0 heterocycles. The van der Waals surface area contributed by atoms with Gasteiger partial charge in [0.05, 0.1) is 17.9 Å². The van der Waals surface area contributed by atoms with Gasteiger partial charge < -0.3 is 20.2 Å². The van der Waals surface area contributed by atoms with Crippen LogP contribution in [0.5, 0.6) is 0 Å². The Bertz CT molecular complexity index is 1340. The molecule has 3 amide bonds. The van der Waals surface area contributed by atoms with Crippen molar-refractivity contribution in [2.45, 2.75) is 59.1 Å². The molecule has 44 heavy (non-hydrogen) atoms. The maximum Gasteiger partial charge on any atom is 0.253 e. The Morgan fingerprint density at radius 1 is 0.864 bits per heavy atom. The number of carbonyl (C=O) groups is 3. The van der Waals surface area contributed by atoms with Gasteiger partial charge in [0.25, 0.3) is 17.7 Å². The van der Waals surface area contributed by atoms with Gasteiger partial charge >= 0.3 is 0 Å². The molecule has 2 aromatic rings. The monoisotopic (exact) mass is 631 g/mol. The fourth-order valence-corrected chi connectivity index (χ4v) is 6.36. The van der Waals surface area contributed by atoms with E-state index in [1.54, 1.807) is 32.8 Å². The number of aliphatic hydroxyl groups is 1. The van der Waals surface area contributed by atoms with Crippen LogP contribution in [0.1, 0.15) is 77.2 Å². The zero-order valence-corrected chi connectivity index (χ0v) is 27.9. The van der Waals surface area contributed by atoms with Crippen LogP contribution in [0.15, 0.2) is 48.5 Å². The van der Waals surface area contributed by atoms with Crippen LogP contribution in [-0.2, 0) is 16.4 Å². The molecule has 0 radical (unpaired) electrons. The lowest BCUT2D eigenvalue weighted by Crippen LogP contribution is -2.52. The van der Waals surface area contributed by atoms with Gasteiger partial charge in [-0.2, -0.15) is 0 Å². The van der Waals surface area contributed by atoms with Crippen LogP contribution in [-0.4, -0.2) is 105 Å². The minimum atomic E-state index is -3.62. The summed E-state index contributed by atoms with van der Waals surface area (Å²) in [4.78, 5) is 45.7. The van der Waals surface area contributed by atoms with Gasteiger partial charge in [-0.25, -0.2) is 13.4 Å². The second-order valence-electron chi connectivity index (χ2n) is 11.8. The van der Waals surface area contributed by atoms with Crippen LogP contribution in [0.2, 0.25) is 0 Å². The molecule has 0 saturated heterocycles. The molecule has 0 aromatic heterocycles. The quantitative estimate of drug-likeness (QED) is 0.228. The maximum absolute atomic E-state index is 13.7. The summed E-state index contributed by atoms with van der Waals surface area (Å²) in [7, 11) is 1.07. The van der Waals surface area contributed by atoms with Crippen LogP contribution in [0.3, 0.4) is 0 Å². The highest BCUT2D eigenvalue weighted by atomic mass is 32.2. The lowest BCUT2D eigenvalue weighted by molar-refractivity contribution is 0.0687. The fraction of sp³-hybridized carbons (Fsp3) is 0.531. The molecule has 2 rings (SSSR count). The number of hydrazine groups is 1.